The summed E-state index contributed by atoms with van der Waals surface area (Å²) in [7, 11) is 0. The molecule has 1 fully saturated rings. The lowest BCUT2D eigenvalue weighted by Crippen LogP contribution is -2.47. The maximum Gasteiger partial charge on any atom is 0.142 e. The molecule has 1 unspecified atom stereocenters. The Hall–Kier alpha value is -0.490. The van der Waals surface area contributed by atoms with Crippen molar-refractivity contribution >= 4 is 15.9 Å². The number of nitrogens with one attached hydrogen (secondary N) is 1. The largest absolute Gasteiger partial charge is 0.373 e. The zero-order valence-electron chi connectivity index (χ0n) is 11.1. The molecule has 0 bridgehead atoms. The number of ether oxygens (including phenoxy) is 1. The van der Waals surface area contributed by atoms with E-state index in [1.807, 2.05) is 13.0 Å². The van der Waals surface area contributed by atoms with Crippen molar-refractivity contribution < 1.29 is 9.13 Å². The molecule has 0 amide bonds. The molecule has 0 aromatic heterocycles. The number of hydrogen-bond acceptors (Lipinski definition) is 3. The van der Waals surface area contributed by atoms with Gasteiger partial charge < -0.3 is 4.74 Å². The predicted octanol–water partition coefficient (Wildman–Crippen LogP) is 3.44. The van der Waals surface area contributed by atoms with Crippen LogP contribution in [0.2, 0.25) is 0 Å². The third kappa shape index (κ3) is 2.84. The quantitative estimate of drug-likeness (QED) is 0.642. The van der Waals surface area contributed by atoms with Gasteiger partial charge in [-0.15, -0.1) is 0 Å². The van der Waals surface area contributed by atoms with E-state index in [1.54, 1.807) is 12.1 Å². The van der Waals surface area contributed by atoms with Gasteiger partial charge in [-0.3, -0.25) is 5.84 Å². The molecule has 5 heteroatoms. The standard InChI is InChI=1S/C14H20BrFN2O/c1-2-19-14(8-3-4-9-14)13(18-17)10-6-5-7-11(15)12(10)16/h5-7,13,18H,2-4,8-9,17H2,1H3. The van der Waals surface area contributed by atoms with E-state index in [1.165, 1.54) is 0 Å². The fourth-order valence-corrected chi connectivity index (χ4v) is 3.43. The molecule has 1 aliphatic carbocycles. The van der Waals surface area contributed by atoms with Gasteiger partial charge in [0.05, 0.1) is 16.1 Å². The second kappa shape index (κ2) is 6.31. The summed E-state index contributed by atoms with van der Waals surface area (Å²) >= 11 is 3.22. The van der Waals surface area contributed by atoms with Crippen LogP contribution in [-0.2, 0) is 4.74 Å². The van der Waals surface area contributed by atoms with Gasteiger partial charge in [-0.1, -0.05) is 25.0 Å². The Kier molecular flexibility index (Phi) is 4.95. The molecule has 3 nitrogen and oxygen atoms in total. The van der Waals surface area contributed by atoms with E-state index in [0.717, 1.165) is 25.7 Å². The zero-order valence-corrected chi connectivity index (χ0v) is 12.7. The molecule has 1 saturated carbocycles. The fraction of sp³-hybridized carbons (Fsp3) is 0.571. The number of nitrogens with two attached hydrogens (primary N) is 1. The Morgan fingerprint density at radius 1 is 1.47 bits per heavy atom. The third-order valence-electron chi connectivity index (χ3n) is 3.87. The van der Waals surface area contributed by atoms with Crippen LogP contribution < -0.4 is 11.3 Å². The molecule has 1 aromatic rings. The van der Waals surface area contributed by atoms with Crippen LogP contribution in [0.1, 0.15) is 44.2 Å². The third-order valence-corrected chi connectivity index (χ3v) is 4.48. The van der Waals surface area contributed by atoms with Crippen LogP contribution in [0.15, 0.2) is 22.7 Å². The first-order chi connectivity index (χ1) is 9.14. The number of hydrogen-bond donors (Lipinski definition) is 2. The lowest BCUT2D eigenvalue weighted by atomic mass is 9.87. The fourth-order valence-electron chi connectivity index (χ4n) is 3.05. The highest BCUT2D eigenvalue weighted by Crippen LogP contribution is 2.43. The van der Waals surface area contributed by atoms with Crippen LogP contribution in [0.25, 0.3) is 0 Å². The molecule has 0 heterocycles. The lowest BCUT2D eigenvalue weighted by molar-refractivity contribution is -0.0634. The summed E-state index contributed by atoms with van der Waals surface area (Å²) in [5.74, 6) is 5.44. The number of benzene rings is 1. The Morgan fingerprint density at radius 2 is 2.16 bits per heavy atom. The van der Waals surface area contributed by atoms with E-state index in [4.69, 9.17) is 10.6 Å². The second-order valence-electron chi connectivity index (χ2n) is 4.95. The van der Waals surface area contributed by atoms with Crippen molar-refractivity contribution in [3.63, 3.8) is 0 Å². The van der Waals surface area contributed by atoms with Gasteiger partial charge >= 0.3 is 0 Å². The second-order valence-corrected chi connectivity index (χ2v) is 5.80. The normalized spacial score (nSPS) is 19.6. The Balaban J connectivity index is 2.40. The van der Waals surface area contributed by atoms with Crippen molar-refractivity contribution in [1.29, 1.82) is 0 Å². The van der Waals surface area contributed by atoms with Gasteiger partial charge in [0, 0.05) is 12.2 Å². The van der Waals surface area contributed by atoms with Crippen LogP contribution in [0.4, 0.5) is 4.39 Å². The average molecular weight is 331 g/mol. The van der Waals surface area contributed by atoms with Gasteiger partial charge in [-0.25, -0.2) is 9.82 Å². The highest BCUT2D eigenvalue weighted by Gasteiger charge is 2.43. The van der Waals surface area contributed by atoms with Gasteiger partial charge in [0.2, 0.25) is 0 Å². The Labute approximate surface area is 121 Å². The van der Waals surface area contributed by atoms with E-state index >= 15 is 0 Å². The first kappa shape index (κ1) is 14.9. The molecule has 2 rings (SSSR count). The van der Waals surface area contributed by atoms with Crippen molar-refractivity contribution in [2.24, 2.45) is 5.84 Å². The smallest absolute Gasteiger partial charge is 0.142 e. The highest BCUT2D eigenvalue weighted by atomic mass is 79.9. The summed E-state index contributed by atoms with van der Waals surface area (Å²) in [6.07, 6.45) is 3.99. The van der Waals surface area contributed by atoms with Crippen LogP contribution in [-0.4, -0.2) is 12.2 Å². The van der Waals surface area contributed by atoms with Crippen molar-refractivity contribution in [2.75, 3.05) is 6.61 Å². The van der Waals surface area contributed by atoms with Crippen LogP contribution in [0.5, 0.6) is 0 Å². The first-order valence-electron chi connectivity index (χ1n) is 6.68. The molecular formula is C14H20BrFN2O. The zero-order chi connectivity index (χ0) is 13.9. The van der Waals surface area contributed by atoms with Crippen molar-refractivity contribution in [2.45, 2.75) is 44.2 Å². The maximum absolute atomic E-state index is 14.3. The van der Waals surface area contributed by atoms with E-state index in [0.29, 0.717) is 16.6 Å². The molecule has 1 aromatic carbocycles. The molecule has 19 heavy (non-hydrogen) atoms. The molecule has 3 N–H and O–H groups in total. The summed E-state index contributed by atoms with van der Waals surface area (Å²) in [5.41, 5.74) is 2.93. The number of hydrazine groups is 1. The van der Waals surface area contributed by atoms with E-state index < -0.39 is 5.60 Å². The predicted molar refractivity (Wildman–Crippen MR) is 77.0 cm³/mol. The molecule has 0 aliphatic heterocycles. The van der Waals surface area contributed by atoms with Crippen LogP contribution in [0, 0.1) is 5.82 Å². The molecule has 1 atom stereocenters. The van der Waals surface area contributed by atoms with E-state index in [-0.39, 0.29) is 11.9 Å². The van der Waals surface area contributed by atoms with Crippen LogP contribution >= 0.6 is 15.9 Å². The van der Waals surface area contributed by atoms with E-state index in [9.17, 15) is 4.39 Å². The summed E-state index contributed by atoms with van der Waals surface area (Å²) in [4.78, 5) is 0. The van der Waals surface area contributed by atoms with Gasteiger partial charge in [-0.2, -0.15) is 0 Å². The minimum Gasteiger partial charge on any atom is -0.373 e. The van der Waals surface area contributed by atoms with Gasteiger partial charge in [-0.05, 0) is 41.8 Å². The van der Waals surface area contributed by atoms with Gasteiger partial charge in [0.15, 0.2) is 0 Å². The Morgan fingerprint density at radius 3 is 2.74 bits per heavy atom. The average Bonchev–Trinajstić information content (AvgIpc) is 2.85. The lowest BCUT2D eigenvalue weighted by Gasteiger charge is -2.37. The monoisotopic (exact) mass is 330 g/mol. The van der Waals surface area contributed by atoms with E-state index in [2.05, 4.69) is 21.4 Å². The molecule has 1 aliphatic rings. The minimum atomic E-state index is -0.398. The Bertz CT molecular complexity index is 435. The first-order valence-corrected chi connectivity index (χ1v) is 7.48. The van der Waals surface area contributed by atoms with Crippen LogP contribution in [0.3, 0.4) is 0 Å². The summed E-state index contributed by atoms with van der Waals surface area (Å²) in [5, 5.41) is 0. The molecular weight excluding hydrogens is 311 g/mol. The van der Waals surface area contributed by atoms with Crippen molar-refractivity contribution in [3.8, 4) is 0 Å². The van der Waals surface area contributed by atoms with Gasteiger partial charge in [0.1, 0.15) is 5.82 Å². The minimum absolute atomic E-state index is 0.267. The number of rotatable bonds is 5. The van der Waals surface area contributed by atoms with Gasteiger partial charge in [0.25, 0.3) is 0 Å². The topological polar surface area (TPSA) is 47.3 Å². The highest BCUT2D eigenvalue weighted by molar-refractivity contribution is 9.10. The summed E-state index contributed by atoms with van der Waals surface area (Å²) < 4.78 is 20.7. The molecule has 0 radical (unpaired) electrons. The molecule has 106 valence electrons. The molecule has 0 saturated heterocycles. The van der Waals surface area contributed by atoms with Crippen molar-refractivity contribution in [1.82, 2.24) is 5.43 Å². The summed E-state index contributed by atoms with van der Waals surface area (Å²) in [6.45, 7) is 2.57. The summed E-state index contributed by atoms with van der Waals surface area (Å²) in [6, 6.07) is 4.95. The van der Waals surface area contributed by atoms with Crippen molar-refractivity contribution in [3.05, 3.63) is 34.1 Å². The SMILES string of the molecule is CCOC1(C(NN)c2cccc(Br)c2F)CCCC1. The number of halogens is 2. The maximum atomic E-state index is 14.3. The molecule has 0 spiro atoms.